The molecule has 0 N–H and O–H groups in total. The maximum absolute atomic E-state index is 11.6. The zero-order valence-electron chi connectivity index (χ0n) is 9.43. The largest absolute Gasteiger partial charge is 0.294 e. The summed E-state index contributed by atoms with van der Waals surface area (Å²) >= 11 is 0. The van der Waals surface area contributed by atoms with Gasteiger partial charge in [-0.05, 0) is 25.5 Å². The normalized spacial score (nSPS) is 11.4. The van der Waals surface area contributed by atoms with Gasteiger partial charge in [0.1, 0.15) is 9.84 Å². The van der Waals surface area contributed by atoms with Gasteiger partial charge in [0.05, 0.1) is 5.75 Å². The fourth-order valence-electron chi connectivity index (χ4n) is 1.27. The smallest absolute Gasteiger partial charge is 0.164 e. The van der Waals surface area contributed by atoms with E-state index >= 15 is 0 Å². The van der Waals surface area contributed by atoms with Gasteiger partial charge in [0.2, 0.25) is 0 Å². The van der Waals surface area contributed by atoms with Gasteiger partial charge in [-0.15, -0.1) is 0 Å². The highest BCUT2D eigenvalue weighted by Gasteiger charge is 2.08. The van der Waals surface area contributed by atoms with Crippen molar-refractivity contribution >= 4 is 15.6 Å². The molecule has 0 bridgehead atoms. The summed E-state index contributed by atoms with van der Waals surface area (Å²) in [4.78, 5) is 15.6. The molecule has 0 unspecified atom stereocenters. The van der Waals surface area contributed by atoms with Gasteiger partial charge in [-0.3, -0.25) is 9.78 Å². The maximum atomic E-state index is 11.6. The first kappa shape index (κ1) is 12.8. The zero-order valence-corrected chi connectivity index (χ0v) is 10.3. The van der Waals surface area contributed by atoms with Gasteiger partial charge in [-0.1, -0.05) is 0 Å². The van der Waals surface area contributed by atoms with Crippen LogP contribution in [0.4, 0.5) is 0 Å². The van der Waals surface area contributed by atoms with E-state index in [0.717, 1.165) is 5.69 Å². The molecule has 4 nitrogen and oxygen atoms in total. The maximum Gasteiger partial charge on any atom is 0.164 e. The second-order valence-corrected chi connectivity index (χ2v) is 6.10. The summed E-state index contributed by atoms with van der Waals surface area (Å²) in [7, 11) is -2.98. The summed E-state index contributed by atoms with van der Waals surface area (Å²) in [5, 5.41) is 0. The van der Waals surface area contributed by atoms with E-state index in [9.17, 15) is 13.2 Å². The van der Waals surface area contributed by atoms with Crippen LogP contribution in [0.2, 0.25) is 0 Å². The van der Waals surface area contributed by atoms with Gasteiger partial charge in [-0.25, -0.2) is 8.42 Å². The lowest BCUT2D eigenvalue weighted by Gasteiger charge is -2.00. The molecule has 1 aromatic rings. The minimum absolute atomic E-state index is 0.0536. The minimum atomic E-state index is -2.98. The highest BCUT2D eigenvalue weighted by molar-refractivity contribution is 7.90. The topological polar surface area (TPSA) is 64.1 Å². The first-order valence-corrected chi connectivity index (χ1v) is 7.08. The SMILES string of the molecule is Cc1ccc(C(=O)CCCS(C)(=O)=O)cn1. The van der Waals surface area contributed by atoms with Crippen LogP contribution in [-0.2, 0) is 9.84 Å². The number of aryl methyl sites for hydroxylation is 1. The van der Waals surface area contributed by atoms with Gasteiger partial charge in [-0.2, -0.15) is 0 Å². The molecule has 16 heavy (non-hydrogen) atoms. The lowest BCUT2D eigenvalue weighted by Crippen LogP contribution is -2.06. The van der Waals surface area contributed by atoms with Crippen LogP contribution in [0.5, 0.6) is 0 Å². The van der Waals surface area contributed by atoms with Crippen molar-refractivity contribution in [1.29, 1.82) is 0 Å². The lowest BCUT2D eigenvalue weighted by atomic mass is 10.1. The Bertz CT molecular complexity index is 463. The number of Topliss-reactive ketones (excluding diaryl/α,β-unsaturated/α-hetero) is 1. The molecule has 88 valence electrons. The van der Waals surface area contributed by atoms with Crippen LogP contribution in [0.25, 0.3) is 0 Å². The summed E-state index contributed by atoms with van der Waals surface area (Å²) in [5.41, 5.74) is 1.40. The van der Waals surface area contributed by atoms with Crippen LogP contribution in [0, 0.1) is 6.92 Å². The van der Waals surface area contributed by atoms with Crippen molar-refractivity contribution in [2.75, 3.05) is 12.0 Å². The summed E-state index contributed by atoms with van der Waals surface area (Å²) in [6, 6.07) is 3.48. The number of carbonyl (C=O) groups is 1. The molecule has 0 spiro atoms. The Hall–Kier alpha value is -1.23. The molecule has 0 aliphatic heterocycles. The van der Waals surface area contributed by atoms with Gasteiger partial charge >= 0.3 is 0 Å². The Morgan fingerprint density at radius 1 is 1.38 bits per heavy atom. The molecule has 0 atom stereocenters. The van der Waals surface area contributed by atoms with Crippen LogP contribution in [0.1, 0.15) is 28.9 Å². The van der Waals surface area contributed by atoms with E-state index in [-0.39, 0.29) is 18.0 Å². The second-order valence-electron chi connectivity index (χ2n) is 3.84. The molecular formula is C11H15NO3S. The van der Waals surface area contributed by atoms with E-state index in [1.807, 2.05) is 6.92 Å². The number of hydrogen-bond acceptors (Lipinski definition) is 4. The molecule has 0 saturated carbocycles. The summed E-state index contributed by atoms with van der Waals surface area (Å²) in [5.74, 6) is -0.00552. The predicted molar refractivity (Wildman–Crippen MR) is 62.2 cm³/mol. The van der Waals surface area contributed by atoms with E-state index in [2.05, 4.69) is 4.98 Å². The molecule has 0 amide bonds. The molecule has 5 heteroatoms. The number of aromatic nitrogens is 1. The highest BCUT2D eigenvalue weighted by Crippen LogP contribution is 2.06. The minimum Gasteiger partial charge on any atom is -0.294 e. The van der Waals surface area contributed by atoms with Crippen molar-refractivity contribution in [3.8, 4) is 0 Å². The average molecular weight is 241 g/mol. The summed E-state index contributed by atoms with van der Waals surface area (Å²) in [6.07, 6.45) is 3.31. The third kappa shape index (κ3) is 4.53. The predicted octanol–water partition coefficient (Wildman–Crippen LogP) is 1.40. The van der Waals surface area contributed by atoms with Gasteiger partial charge in [0, 0.05) is 30.1 Å². The molecule has 0 aliphatic rings. The fraction of sp³-hybridized carbons (Fsp3) is 0.455. The average Bonchev–Trinajstić information content (AvgIpc) is 2.16. The van der Waals surface area contributed by atoms with Crippen molar-refractivity contribution < 1.29 is 13.2 Å². The molecule has 0 aliphatic carbocycles. The third-order valence-electron chi connectivity index (χ3n) is 2.15. The van der Waals surface area contributed by atoms with Crippen molar-refractivity contribution in [2.45, 2.75) is 19.8 Å². The van der Waals surface area contributed by atoms with E-state index in [1.54, 1.807) is 12.1 Å². The summed E-state index contributed by atoms with van der Waals surface area (Å²) in [6.45, 7) is 1.85. The monoisotopic (exact) mass is 241 g/mol. The Labute approximate surface area is 95.6 Å². The van der Waals surface area contributed by atoms with Crippen molar-refractivity contribution in [1.82, 2.24) is 4.98 Å². The number of nitrogens with zero attached hydrogens (tertiary/aromatic N) is 1. The standard InChI is InChI=1S/C11H15NO3S/c1-9-5-6-10(8-12-9)11(13)4-3-7-16(2,14)15/h5-6,8H,3-4,7H2,1-2H3. The molecule has 0 aromatic carbocycles. The number of ketones is 1. The Morgan fingerprint density at radius 3 is 2.56 bits per heavy atom. The van der Waals surface area contributed by atoms with Gasteiger partial charge in [0.25, 0.3) is 0 Å². The quantitative estimate of drug-likeness (QED) is 0.731. The van der Waals surface area contributed by atoms with Crippen molar-refractivity contribution in [3.05, 3.63) is 29.6 Å². The van der Waals surface area contributed by atoms with E-state index in [1.165, 1.54) is 12.5 Å². The fourth-order valence-corrected chi connectivity index (χ4v) is 1.94. The first-order chi connectivity index (χ1) is 7.38. The van der Waals surface area contributed by atoms with Crippen LogP contribution in [0.3, 0.4) is 0 Å². The van der Waals surface area contributed by atoms with E-state index in [4.69, 9.17) is 0 Å². The molecule has 0 fully saturated rings. The number of rotatable bonds is 5. The van der Waals surface area contributed by atoms with Gasteiger partial charge < -0.3 is 0 Å². The molecule has 1 aromatic heterocycles. The second kappa shape index (κ2) is 5.21. The molecular weight excluding hydrogens is 226 g/mol. The Balaban J connectivity index is 2.50. The Morgan fingerprint density at radius 2 is 2.06 bits per heavy atom. The number of carbonyl (C=O) groups excluding carboxylic acids is 1. The Kier molecular flexibility index (Phi) is 4.18. The van der Waals surface area contributed by atoms with E-state index in [0.29, 0.717) is 12.0 Å². The van der Waals surface area contributed by atoms with Gasteiger partial charge in [0.15, 0.2) is 5.78 Å². The molecule has 0 saturated heterocycles. The third-order valence-corrected chi connectivity index (χ3v) is 3.18. The number of hydrogen-bond donors (Lipinski definition) is 0. The van der Waals surface area contributed by atoms with Crippen LogP contribution < -0.4 is 0 Å². The molecule has 0 radical (unpaired) electrons. The zero-order chi connectivity index (χ0) is 12.2. The number of pyridine rings is 1. The molecule has 1 rings (SSSR count). The van der Waals surface area contributed by atoms with Crippen molar-refractivity contribution in [2.24, 2.45) is 0 Å². The molecule has 1 heterocycles. The highest BCUT2D eigenvalue weighted by atomic mass is 32.2. The van der Waals surface area contributed by atoms with Crippen molar-refractivity contribution in [3.63, 3.8) is 0 Å². The summed E-state index contributed by atoms with van der Waals surface area (Å²) < 4.78 is 21.7. The lowest BCUT2D eigenvalue weighted by molar-refractivity contribution is 0.0981. The van der Waals surface area contributed by atoms with Crippen LogP contribution in [0.15, 0.2) is 18.3 Å². The van der Waals surface area contributed by atoms with E-state index < -0.39 is 9.84 Å². The van der Waals surface area contributed by atoms with Crippen LogP contribution >= 0.6 is 0 Å². The number of sulfone groups is 1. The first-order valence-electron chi connectivity index (χ1n) is 5.02. The van der Waals surface area contributed by atoms with Crippen LogP contribution in [-0.4, -0.2) is 31.2 Å².